The van der Waals surface area contributed by atoms with Gasteiger partial charge in [0, 0.05) is 13.1 Å². The molecular weight excluding hydrogens is 276 g/mol. The number of sulfone groups is 1. The summed E-state index contributed by atoms with van der Waals surface area (Å²) in [6, 6.07) is 2.13. The number of hydrogen-bond acceptors (Lipinski definition) is 3. The molecule has 1 aromatic rings. The fourth-order valence-electron chi connectivity index (χ4n) is 2.10. The van der Waals surface area contributed by atoms with Crippen LogP contribution in [-0.4, -0.2) is 43.8 Å². The summed E-state index contributed by atoms with van der Waals surface area (Å²) in [6.45, 7) is 0. The third-order valence-corrected chi connectivity index (χ3v) is 4.99. The highest BCUT2D eigenvalue weighted by atomic mass is 32.2. The van der Waals surface area contributed by atoms with Gasteiger partial charge in [-0.3, -0.25) is 4.79 Å². The summed E-state index contributed by atoms with van der Waals surface area (Å²) in [5, 5.41) is 0. The van der Waals surface area contributed by atoms with Gasteiger partial charge in [-0.15, -0.1) is 0 Å². The molecule has 1 atom stereocenters. The van der Waals surface area contributed by atoms with Crippen molar-refractivity contribution in [2.45, 2.75) is 12.5 Å². The first-order chi connectivity index (χ1) is 8.80. The zero-order valence-corrected chi connectivity index (χ0v) is 11.1. The van der Waals surface area contributed by atoms with Gasteiger partial charge in [-0.2, -0.15) is 0 Å². The van der Waals surface area contributed by atoms with E-state index in [1.807, 2.05) is 0 Å². The SMILES string of the molecule is CN(C(=O)c1cc(F)ccc1F)[C@H]1CCS(=O)(=O)C1. The standard InChI is InChI=1S/C12H13F2NO3S/c1-15(9-4-5-19(17,18)7-9)12(16)10-6-8(13)2-3-11(10)14/h2-3,6,9H,4-5,7H2,1H3/t9-/m0/s1. The van der Waals surface area contributed by atoms with Crippen molar-refractivity contribution in [3.8, 4) is 0 Å². The molecule has 0 N–H and O–H groups in total. The second-order valence-corrected chi connectivity index (χ2v) is 6.83. The van der Waals surface area contributed by atoms with Crippen LogP contribution < -0.4 is 0 Å². The lowest BCUT2D eigenvalue weighted by atomic mass is 10.1. The van der Waals surface area contributed by atoms with Crippen LogP contribution in [-0.2, 0) is 9.84 Å². The average molecular weight is 289 g/mol. The Bertz CT molecular complexity index is 615. The fourth-order valence-corrected chi connectivity index (χ4v) is 3.87. The molecule has 0 aliphatic carbocycles. The summed E-state index contributed by atoms with van der Waals surface area (Å²) in [5.41, 5.74) is -0.383. The Morgan fingerprint density at radius 2 is 2.05 bits per heavy atom. The van der Waals surface area contributed by atoms with Gasteiger partial charge in [-0.05, 0) is 24.6 Å². The Morgan fingerprint density at radius 3 is 2.63 bits per heavy atom. The zero-order chi connectivity index (χ0) is 14.2. The number of rotatable bonds is 2. The molecule has 1 aromatic carbocycles. The highest BCUT2D eigenvalue weighted by Crippen LogP contribution is 2.20. The van der Waals surface area contributed by atoms with Gasteiger partial charge in [0.2, 0.25) is 0 Å². The summed E-state index contributed by atoms with van der Waals surface area (Å²) in [5.74, 6) is -2.36. The minimum Gasteiger partial charge on any atom is -0.338 e. The Labute approximate surface area is 109 Å². The van der Waals surface area contributed by atoms with E-state index in [9.17, 15) is 22.0 Å². The Hall–Kier alpha value is -1.50. The molecule has 104 valence electrons. The number of hydrogen-bond donors (Lipinski definition) is 0. The second-order valence-electron chi connectivity index (χ2n) is 4.60. The van der Waals surface area contributed by atoms with E-state index in [-0.39, 0.29) is 17.1 Å². The number of carbonyl (C=O) groups is 1. The Balaban J connectivity index is 2.22. The van der Waals surface area contributed by atoms with Crippen molar-refractivity contribution in [1.82, 2.24) is 4.90 Å². The highest BCUT2D eigenvalue weighted by Gasteiger charge is 2.33. The van der Waals surface area contributed by atoms with Crippen molar-refractivity contribution in [2.75, 3.05) is 18.6 Å². The molecule has 4 nitrogen and oxygen atoms in total. The third-order valence-electron chi connectivity index (χ3n) is 3.24. The maximum atomic E-state index is 13.5. The van der Waals surface area contributed by atoms with Crippen LogP contribution in [0.5, 0.6) is 0 Å². The van der Waals surface area contributed by atoms with Crippen LogP contribution >= 0.6 is 0 Å². The molecule has 0 aromatic heterocycles. The number of carbonyl (C=O) groups excluding carboxylic acids is 1. The van der Waals surface area contributed by atoms with Gasteiger partial charge in [0.1, 0.15) is 11.6 Å². The van der Waals surface area contributed by atoms with Crippen molar-refractivity contribution >= 4 is 15.7 Å². The smallest absolute Gasteiger partial charge is 0.256 e. The van der Waals surface area contributed by atoms with E-state index >= 15 is 0 Å². The number of benzene rings is 1. The van der Waals surface area contributed by atoms with Crippen LogP contribution in [0.4, 0.5) is 8.78 Å². The first-order valence-electron chi connectivity index (χ1n) is 5.73. The van der Waals surface area contributed by atoms with Crippen molar-refractivity contribution in [2.24, 2.45) is 0 Å². The maximum Gasteiger partial charge on any atom is 0.256 e. The van der Waals surface area contributed by atoms with Crippen molar-refractivity contribution in [1.29, 1.82) is 0 Å². The van der Waals surface area contributed by atoms with Crippen LogP contribution in [0.25, 0.3) is 0 Å². The zero-order valence-electron chi connectivity index (χ0n) is 10.3. The molecular formula is C12H13F2NO3S. The minimum absolute atomic E-state index is 0.0148. The first kappa shape index (κ1) is 13.9. The number of nitrogens with zero attached hydrogens (tertiary/aromatic N) is 1. The Morgan fingerprint density at radius 1 is 1.37 bits per heavy atom. The van der Waals surface area contributed by atoms with E-state index in [1.165, 1.54) is 11.9 Å². The quantitative estimate of drug-likeness (QED) is 0.822. The third kappa shape index (κ3) is 2.91. The second kappa shape index (κ2) is 4.88. The van der Waals surface area contributed by atoms with Gasteiger partial charge in [-0.25, -0.2) is 17.2 Å². The summed E-state index contributed by atoms with van der Waals surface area (Å²) in [7, 11) is -1.74. The predicted octanol–water partition coefficient (Wildman–Crippen LogP) is 1.22. The van der Waals surface area contributed by atoms with Gasteiger partial charge in [-0.1, -0.05) is 0 Å². The molecule has 1 fully saturated rings. The van der Waals surface area contributed by atoms with Crippen molar-refractivity contribution < 1.29 is 22.0 Å². The first-order valence-corrected chi connectivity index (χ1v) is 7.55. The number of halogens is 2. The molecule has 0 spiro atoms. The van der Waals surface area contributed by atoms with E-state index in [1.54, 1.807) is 0 Å². The Kier molecular flexibility index (Phi) is 3.58. The largest absolute Gasteiger partial charge is 0.338 e. The summed E-state index contributed by atoms with van der Waals surface area (Å²) in [4.78, 5) is 13.2. The monoisotopic (exact) mass is 289 g/mol. The number of amides is 1. The lowest BCUT2D eigenvalue weighted by Gasteiger charge is -2.23. The van der Waals surface area contributed by atoms with Gasteiger partial charge in [0.25, 0.3) is 5.91 Å². The molecule has 0 unspecified atom stereocenters. The molecule has 7 heteroatoms. The lowest BCUT2D eigenvalue weighted by molar-refractivity contribution is 0.0742. The van der Waals surface area contributed by atoms with Crippen molar-refractivity contribution in [3.05, 3.63) is 35.4 Å². The lowest BCUT2D eigenvalue weighted by Crippen LogP contribution is -2.38. The molecule has 1 saturated heterocycles. The van der Waals surface area contributed by atoms with Crippen LogP contribution in [0.2, 0.25) is 0 Å². The minimum atomic E-state index is -3.14. The van der Waals surface area contributed by atoms with Crippen molar-refractivity contribution in [3.63, 3.8) is 0 Å². The average Bonchev–Trinajstić information content (AvgIpc) is 2.71. The van der Waals surface area contributed by atoms with Gasteiger partial charge in [0.15, 0.2) is 9.84 Å². The van der Waals surface area contributed by atoms with Gasteiger partial charge in [0.05, 0.1) is 17.1 Å². The van der Waals surface area contributed by atoms with E-state index in [0.29, 0.717) is 6.42 Å². The highest BCUT2D eigenvalue weighted by molar-refractivity contribution is 7.91. The maximum absolute atomic E-state index is 13.5. The van der Waals surface area contributed by atoms with E-state index in [2.05, 4.69) is 0 Å². The van der Waals surface area contributed by atoms with Crippen LogP contribution in [0.15, 0.2) is 18.2 Å². The van der Waals surface area contributed by atoms with Crippen LogP contribution in [0, 0.1) is 11.6 Å². The normalized spacial score (nSPS) is 21.3. The molecule has 1 aliphatic heterocycles. The summed E-state index contributed by atoms with van der Waals surface area (Å²) < 4.78 is 49.2. The molecule has 1 heterocycles. The van der Waals surface area contributed by atoms with Gasteiger partial charge >= 0.3 is 0 Å². The fraction of sp³-hybridized carbons (Fsp3) is 0.417. The predicted molar refractivity (Wildman–Crippen MR) is 65.5 cm³/mol. The van der Waals surface area contributed by atoms with E-state index in [4.69, 9.17) is 0 Å². The van der Waals surface area contributed by atoms with E-state index in [0.717, 1.165) is 18.2 Å². The summed E-state index contributed by atoms with van der Waals surface area (Å²) in [6.07, 6.45) is 0.321. The van der Waals surface area contributed by atoms with E-state index < -0.39 is 33.4 Å². The topological polar surface area (TPSA) is 54.5 Å². The molecule has 19 heavy (non-hydrogen) atoms. The molecule has 0 saturated carbocycles. The molecule has 0 radical (unpaired) electrons. The molecule has 2 rings (SSSR count). The molecule has 0 bridgehead atoms. The van der Waals surface area contributed by atoms with Gasteiger partial charge < -0.3 is 4.90 Å². The summed E-state index contributed by atoms with van der Waals surface area (Å²) >= 11 is 0. The molecule has 1 aliphatic rings. The van der Waals surface area contributed by atoms with Crippen LogP contribution in [0.3, 0.4) is 0 Å². The van der Waals surface area contributed by atoms with Crippen LogP contribution in [0.1, 0.15) is 16.8 Å². The molecule has 1 amide bonds.